The number of methoxy groups -OCH3 is 1. The molecule has 1 aromatic carbocycles. The van der Waals surface area contributed by atoms with Gasteiger partial charge in [0.25, 0.3) is 0 Å². The summed E-state index contributed by atoms with van der Waals surface area (Å²) in [4.78, 5) is 23.6. The van der Waals surface area contributed by atoms with Crippen molar-refractivity contribution in [1.82, 2.24) is 10.6 Å². The fraction of sp³-hybridized carbons (Fsp3) is 0.222. The minimum atomic E-state index is -3.75. The lowest BCUT2D eigenvalue weighted by atomic mass is 10.1. The van der Waals surface area contributed by atoms with E-state index in [-0.39, 0.29) is 17.3 Å². The number of ether oxygens (including phenoxy) is 1. The minimum Gasteiger partial charge on any atom is -0.497 e. The highest BCUT2D eigenvalue weighted by Crippen LogP contribution is 2.32. The molecule has 0 radical (unpaired) electrons. The van der Waals surface area contributed by atoms with Gasteiger partial charge in [0.2, 0.25) is 0 Å². The van der Waals surface area contributed by atoms with Crippen LogP contribution in [0.1, 0.15) is 10.8 Å². The Morgan fingerprint density at radius 1 is 1.19 bits per heavy atom. The third-order valence-electron chi connectivity index (χ3n) is 3.70. The minimum absolute atomic E-state index is 0.141. The quantitative estimate of drug-likeness (QED) is 0.511. The normalized spacial score (nSPS) is 12.0. The fourth-order valence-corrected chi connectivity index (χ4v) is 5.17. The van der Waals surface area contributed by atoms with Crippen LogP contribution in [0.5, 0.6) is 5.75 Å². The summed E-state index contributed by atoms with van der Waals surface area (Å²) in [5.74, 6) is -1.17. The van der Waals surface area contributed by atoms with Gasteiger partial charge in [-0.1, -0.05) is 24.3 Å². The van der Waals surface area contributed by atoms with E-state index in [1.54, 1.807) is 35.7 Å². The van der Waals surface area contributed by atoms with Gasteiger partial charge < -0.3 is 15.4 Å². The van der Waals surface area contributed by atoms with Crippen molar-refractivity contribution < 1.29 is 22.7 Å². The molecule has 144 valence electrons. The maximum Gasteiger partial charge on any atom is 0.309 e. The van der Waals surface area contributed by atoms with Gasteiger partial charge in [-0.3, -0.25) is 9.59 Å². The summed E-state index contributed by atoms with van der Waals surface area (Å²) in [5, 5.41) is 5.36. The maximum atomic E-state index is 13.0. The summed E-state index contributed by atoms with van der Waals surface area (Å²) in [6.45, 7) is 3.34. The highest BCUT2D eigenvalue weighted by atomic mass is 32.2. The molecule has 2 aromatic rings. The fourth-order valence-electron chi connectivity index (χ4n) is 2.30. The second-order valence-corrected chi connectivity index (χ2v) is 8.75. The van der Waals surface area contributed by atoms with Gasteiger partial charge in [0.1, 0.15) is 15.2 Å². The first-order valence-corrected chi connectivity index (χ1v) is 10.4. The molecule has 27 heavy (non-hydrogen) atoms. The van der Waals surface area contributed by atoms with Crippen LogP contribution < -0.4 is 15.4 Å². The molecule has 7 nitrogen and oxygen atoms in total. The van der Waals surface area contributed by atoms with Gasteiger partial charge in [0.05, 0.1) is 7.11 Å². The van der Waals surface area contributed by atoms with Gasteiger partial charge in [-0.15, -0.1) is 17.9 Å². The van der Waals surface area contributed by atoms with Crippen LogP contribution in [0.3, 0.4) is 0 Å². The number of amides is 2. The Labute approximate surface area is 162 Å². The molecule has 0 saturated carbocycles. The summed E-state index contributed by atoms with van der Waals surface area (Å²) < 4.78 is 31.3. The van der Waals surface area contributed by atoms with E-state index in [0.717, 1.165) is 11.3 Å². The number of carbonyl (C=O) groups excluding carboxylic acids is 2. The number of hydrogen-bond acceptors (Lipinski definition) is 6. The van der Waals surface area contributed by atoms with Gasteiger partial charge in [-0.05, 0) is 29.1 Å². The van der Waals surface area contributed by atoms with E-state index >= 15 is 0 Å². The molecular weight excluding hydrogens is 388 g/mol. The SMILES string of the molecule is C=CCNC(=O)C(=O)NC[C@@H](c1ccc(OC)cc1)S(=O)(=O)c1cccs1. The number of hydrogen-bond donors (Lipinski definition) is 2. The lowest BCUT2D eigenvalue weighted by Gasteiger charge is -2.18. The topological polar surface area (TPSA) is 102 Å². The van der Waals surface area contributed by atoms with E-state index in [0.29, 0.717) is 11.3 Å². The molecule has 1 heterocycles. The summed E-state index contributed by atoms with van der Waals surface area (Å²) in [5.41, 5.74) is 0.482. The molecule has 0 unspecified atom stereocenters. The highest BCUT2D eigenvalue weighted by Gasteiger charge is 2.31. The summed E-state index contributed by atoms with van der Waals surface area (Å²) >= 11 is 1.10. The van der Waals surface area contributed by atoms with E-state index in [4.69, 9.17) is 4.74 Å². The Balaban J connectivity index is 2.26. The van der Waals surface area contributed by atoms with Crippen molar-refractivity contribution in [1.29, 1.82) is 0 Å². The first-order chi connectivity index (χ1) is 12.9. The van der Waals surface area contributed by atoms with Crippen molar-refractivity contribution in [3.05, 3.63) is 60.0 Å². The zero-order valence-electron chi connectivity index (χ0n) is 14.7. The number of sulfone groups is 1. The third-order valence-corrected chi connectivity index (χ3v) is 7.23. The van der Waals surface area contributed by atoms with E-state index in [1.165, 1.54) is 19.3 Å². The Hall–Kier alpha value is -2.65. The summed E-state index contributed by atoms with van der Waals surface area (Å²) in [7, 11) is -2.24. The van der Waals surface area contributed by atoms with Crippen LogP contribution in [0.4, 0.5) is 0 Å². The van der Waals surface area contributed by atoms with Crippen molar-refractivity contribution in [3.63, 3.8) is 0 Å². The van der Waals surface area contributed by atoms with E-state index < -0.39 is 26.9 Å². The van der Waals surface area contributed by atoms with Gasteiger partial charge in [-0.2, -0.15) is 0 Å². The number of benzene rings is 1. The molecule has 0 aliphatic carbocycles. The van der Waals surface area contributed by atoms with Gasteiger partial charge >= 0.3 is 11.8 Å². The molecule has 9 heteroatoms. The molecule has 0 spiro atoms. The highest BCUT2D eigenvalue weighted by molar-refractivity contribution is 7.93. The van der Waals surface area contributed by atoms with Crippen LogP contribution in [-0.4, -0.2) is 40.4 Å². The predicted octanol–water partition coefficient (Wildman–Crippen LogP) is 1.69. The van der Waals surface area contributed by atoms with Gasteiger partial charge in [0.15, 0.2) is 9.84 Å². The number of rotatable bonds is 8. The van der Waals surface area contributed by atoms with Crippen LogP contribution in [0, 0.1) is 0 Å². The van der Waals surface area contributed by atoms with Crippen LogP contribution in [0.2, 0.25) is 0 Å². The van der Waals surface area contributed by atoms with Crippen molar-refractivity contribution in [2.75, 3.05) is 20.2 Å². The molecular formula is C18H20N2O5S2. The molecule has 2 rings (SSSR count). The molecule has 2 N–H and O–H groups in total. The summed E-state index contributed by atoms with van der Waals surface area (Å²) in [6, 6.07) is 9.69. The van der Waals surface area contributed by atoms with Crippen molar-refractivity contribution in [2.45, 2.75) is 9.46 Å². The molecule has 0 aliphatic rings. The average molecular weight is 409 g/mol. The molecule has 0 bridgehead atoms. The van der Waals surface area contributed by atoms with Crippen molar-refractivity contribution >= 4 is 33.0 Å². The number of carbonyl (C=O) groups is 2. The van der Waals surface area contributed by atoms with Crippen LogP contribution in [0.15, 0.2) is 58.6 Å². The zero-order chi connectivity index (χ0) is 19.9. The average Bonchev–Trinajstić information content (AvgIpc) is 3.22. The molecule has 1 aromatic heterocycles. The maximum absolute atomic E-state index is 13.0. The van der Waals surface area contributed by atoms with Crippen LogP contribution in [-0.2, 0) is 19.4 Å². The van der Waals surface area contributed by atoms with Crippen molar-refractivity contribution in [2.24, 2.45) is 0 Å². The zero-order valence-corrected chi connectivity index (χ0v) is 16.3. The molecule has 0 fully saturated rings. The molecule has 0 aliphatic heterocycles. The Morgan fingerprint density at radius 3 is 2.41 bits per heavy atom. The Bertz CT molecular complexity index is 890. The lowest BCUT2D eigenvalue weighted by Crippen LogP contribution is -2.42. The first kappa shape index (κ1) is 20.7. The molecule has 2 amide bonds. The molecule has 0 saturated heterocycles. The lowest BCUT2D eigenvalue weighted by molar-refractivity contribution is -0.139. The van der Waals surface area contributed by atoms with Crippen molar-refractivity contribution in [3.8, 4) is 5.75 Å². The Morgan fingerprint density at radius 2 is 1.85 bits per heavy atom. The van der Waals surface area contributed by atoms with Gasteiger partial charge in [0, 0.05) is 13.1 Å². The van der Waals surface area contributed by atoms with E-state index in [9.17, 15) is 18.0 Å². The monoisotopic (exact) mass is 408 g/mol. The summed E-state index contributed by atoms with van der Waals surface area (Å²) in [6.07, 6.45) is 1.44. The number of nitrogens with one attached hydrogen (secondary N) is 2. The smallest absolute Gasteiger partial charge is 0.309 e. The second kappa shape index (κ2) is 9.33. The van der Waals surface area contributed by atoms with E-state index in [2.05, 4.69) is 17.2 Å². The largest absolute Gasteiger partial charge is 0.497 e. The number of thiophene rings is 1. The standard InChI is InChI=1S/C18H20N2O5S2/c1-3-10-19-17(21)18(22)20-12-15(13-6-8-14(25-2)9-7-13)27(23,24)16-5-4-11-26-16/h3-9,11,15H,1,10,12H2,2H3,(H,19,21)(H,20,22)/t15-/m0/s1. The predicted molar refractivity (Wildman–Crippen MR) is 103 cm³/mol. The van der Waals surface area contributed by atoms with E-state index in [1.807, 2.05) is 0 Å². The third kappa shape index (κ3) is 5.18. The van der Waals surface area contributed by atoms with Gasteiger partial charge in [-0.25, -0.2) is 8.42 Å². The first-order valence-electron chi connectivity index (χ1n) is 7.98. The second-order valence-electron chi connectivity index (χ2n) is 5.45. The van der Waals surface area contributed by atoms with Crippen LogP contribution in [0.25, 0.3) is 0 Å². The molecule has 1 atom stereocenters. The van der Waals surface area contributed by atoms with Crippen LogP contribution >= 0.6 is 11.3 Å². The Kier molecular flexibility index (Phi) is 7.14.